The molecule has 0 aliphatic heterocycles. The van der Waals surface area contributed by atoms with Crippen molar-refractivity contribution in [1.82, 2.24) is 0 Å². The van der Waals surface area contributed by atoms with Crippen LogP contribution < -0.4 is 0 Å². The standard InChI is InChI=1S/C13H20O4.C9H12O4/c1-4-16-12(14)10-8-6-7-9(3)11(10)13(15)17-5-2;1-5-2-3-6(8(10)11)4-7(5)9(12)13/h6-7,9-11H,4-5,8H2,1-3H3;2,6-7H,3-4H2,1H3,(H,10,11)(H,12,13). The van der Waals surface area contributed by atoms with Gasteiger partial charge < -0.3 is 19.7 Å². The zero-order valence-corrected chi connectivity index (χ0v) is 18.0. The third-order valence-corrected chi connectivity index (χ3v) is 5.42. The third kappa shape index (κ3) is 7.00. The molecule has 2 rings (SSSR count). The second-order valence-corrected chi connectivity index (χ2v) is 7.50. The summed E-state index contributed by atoms with van der Waals surface area (Å²) >= 11 is 0. The van der Waals surface area contributed by atoms with Crippen LogP contribution in [0.3, 0.4) is 0 Å². The molecule has 30 heavy (non-hydrogen) atoms. The van der Waals surface area contributed by atoms with E-state index < -0.39 is 35.6 Å². The van der Waals surface area contributed by atoms with Crippen molar-refractivity contribution >= 4 is 23.9 Å². The maximum absolute atomic E-state index is 11.9. The number of ether oxygens (including phenoxy) is 2. The van der Waals surface area contributed by atoms with Crippen molar-refractivity contribution in [2.45, 2.75) is 47.0 Å². The van der Waals surface area contributed by atoms with Crippen LogP contribution in [0.25, 0.3) is 0 Å². The summed E-state index contributed by atoms with van der Waals surface area (Å²) in [6.07, 6.45) is 6.81. The van der Waals surface area contributed by atoms with Gasteiger partial charge in [0.25, 0.3) is 0 Å². The molecular formula is C22H32O8. The van der Waals surface area contributed by atoms with E-state index in [1.54, 1.807) is 26.8 Å². The summed E-state index contributed by atoms with van der Waals surface area (Å²) in [4.78, 5) is 45.0. The highest BCUT2D eigenvalue weighted by Gasteiger charge is 2.40. The van der Waals surface area contributed by atoms with Crippen molar-refractivity contribution in [2.24, 2.45) is 29.6 Å². The van der Waals surface area contributed by atoms with Gasteiger partial charge in [-0.2, -0.15) is 0 Å². The van der Waals surface area contributed by atoms with E-state index >= 15 is 0 Å². The Bertz CT molecular complexity index is 693. The second-order valence-electron chi connectivity index (χ2n) is 7.50. The van der Waals surface area contributed by atoms with Crippen LogP contribution in [0.1, 0.15) is 47.0 Å². The lowest BCUT2D eigenvalue weighted by molar-refractivity contribution is -0.162. The van der Waals surface area contributed by atoms with E-state index in [2.05, 4.69) is 0 Å². The van der Waals surface area contributed by atoms with Crippen LogP contribution in [-0.4, -0.2) is 47.3 Å². The molecule has 0 radical (unpaired) electrons. The number of allylic oxidation sites excluding steroid dienone is 3. The largest absolute Gasteiger partial charge is 0.481 e. The van der Waals surface area contributed by atoms with Gasteiger partial charge in [-0.15, -0.1) is 0 Å². The SMILES string of the molecule is CC1=CCC(C(=O)O)CC1C(=O)O.CCOC(=O)C1CC=CC(C)C1C(=O)OCC. The van der Waals surface area contributed by atoms with Crippen molar-refractivity contribution in [3.8, 4) is 0 Å². The van der Waals surface area contributed by atoms with Crippen LogP contribution >= 0.6 is 0 Å². The first-order valence-corrected chi connectivity index (χ1v) is 10.3. The van der Waals surface area contributed by atoms with Gasteiger partial charge in [0.05, 0.1) is 36.9 Å². The molecule has 2 N–H and O–H groups in total. The Morgan fingerprint density at radius 1 is 1.00 bits per heavy atom. The number of hydrogen-bond acceptors (Lipinski definition) is 6. The van der Waals surface area contributed by atoms with Crippen molar-refractivity contribution in [1.29, 1.82) is 0 Å². The maximum Gasteiger partial charge on any atom is 0.310 e. The Morgan fingerprint density at radius 3 is 2.13 bits per heavy atom. The van der Waals surface area contributed by atoms with Crippen LogP contribution in [0, 0.1) is 29.6 Å². The number of carboxylic acid groups (broad SMARTS) is 2. The molecule has 8 heteroatoms. The van der Waals surface area contributed by atoms with Gasteiger partial charge in [-0.25, -0.2) is 0 Å². The molecule has 0 spiro atoms. The lowest BCUT2D eigenvalue weighted by atomic mass is 9.76. The first-order chi connectivity index (χ1) is 14.1. The average molecular weight is 424 g/mol. The lowest BCUT2D eigenvalue weighted by Gasteiger charge is -2.29. The van der Waals surface area contributed by atoms with E-state index in [4.69, 9.17) is 19.7 Å². The van der Waals surface area contributed by atoms with Crippen molar-refractivity contribution < 1.29 is 38.9 Å². The van der Waals surface area contributed by atoms with Crippen LogP contribution in [0.5, 0.6) is 0 Å². The monoisotopic (exact) mass is 424 g/mol. The predicted molar refractivity (Wildman–Crippen MR) is 108 cm³/mol. The summed E-state index contributed by atoms with van der Waals surface area (Å²) in [5, 5.41) is 17.5. The number of carbonyl (C=O) groups excluding carboxylic acids is 2. The minimum Gasteiger partial charge on any atom is -0.481 e. The Hall–Kier alpha value is -2.64. The number of carbonyl (C=O) groups is 4. The Balaban J connectivity index is 0.000000311. The van der Waals surface area contributed by atoms with Crippen molar-refractivity contribution in [3.63, 3.8) is 0 Å². The van der Waals surface area contributed by atoms with E-state index in [0.29, 0.717) is 26.1 Å². The molecule has 0 heterocycles. The third-order valence-electron chi connectivity index (χ3n) is 5.42. The maximum atomic E-state index is 11.9. The predicted octanol–water partition coefficient (Wildman–Crippen LogP) is 3.07. The molecule has 0 aromatic carbocycles. The Labute approximate surface area is 176 Å². The Kier molecular flexibility index (Phi) is 10.3. The molecule has 5 unspecified atom stereocenters. The van der Waals surface area contributed by atoms with Gasteiger partial charge in [0.2, 0.25) is 0 Å². The molecule has 2 aliphatic rings. The van der Waals surface area contributed by atoms with Crippen LogP contribution in [0.2, 0.25) is 0 Å². The average Bonchev–Trinajstić information content (AvgIpc) is 2.68. The zero-order chi connectivity index (χ0) is 22.8. The van der Waals surface area contributed by atoms with Gasteiger partial charge in [0, 0.05) is 0 Å². The first kappa shape index (κ1) is 25.4. The van der Waals surface area contributed by atoms with E-state index in [0.717, 1.165) is 5.57 Å². The van der Waals surface area contributed by atoms with Gasteiger partial charge in [-0.3, -0.25) is 19.2 Å². The first-order valence-electron chi connectivity index (χ1n) is 10.3. The molecule has 0 amide bonds. The molecule has 0 saturated heterocycles. The second kappa shape index (κ2) is 12.1. The highest BCUT2D eigenvalue weighted by Crippen LogP contribution is 2.32. The molecule has 5 atom stereocenters. The van der Waals surface area contributed by atoms with Gasteiger partial charge in [0.15, 0.2) is 0 Å². The summed E-state index contributed by atoms with van der Waals surface area (Å²) < 4.78 is 10.0. The minimum atomic E-state index is -0.931. The smallest absolute Gasteiger partial charge is 0.310 e. The van der Waals surface area contributed by atoms with Gasteiger partial charge in [-0.05, 0) is 46.0 Å². The zero-order valence-electron chi connectivity index (χ0n) is 18.0. The molecule has 0 bridgehead atoms. The van der Waals surface area contributed by atoms with Gasteiger partial charge >= 0.3 is 23.9 Å². The fraction of sp³-hybridized carbons (Fsp3) is 0.636. The summed E-state index contributed by atoms with van der Waals surface area (Å²) in [6.45, 7) is 7.85. The molecule has 8 nitrogen and oxygen atoms in total. The topological polar surface area (TPSA) is 127 Å². The highest BCUT2D eigenvalue weighted by molar-refractivity contribution is 5.83. The summed E-state index contributed by atoms with van der Waals surface area (Å²) in [5.74, 6) is -4.41. The number of carboxylic acids is 2. The lowest BCUT2D eigenvalue weighted by Crippen LogP contribution is -2.37. The minimum absolute atomic E-state index is 0.0113. The molecule has 168 valence electrons. The number of hydrogen-bond donors (Lipinski definition) is 2. The number of esters is 2. The fourth-order valence-electron chi connectivity index (χ4n) is 3.72. The van der Waals surface area contributed by atoms with Gasteiger partial charge in [-0.1, -0.05) is 30.7 Å². The van der Waals surface area contributed by atoms with E-state index in [9.17, 15) is 19.2 Å². The quantitative estimate of drug-likeness (QED) is 0.492. The van der Waals surface area contributed by atoms with Crippen molar-refractivity contribution in [3.05, 3.63) is 23.8 Å². The van der Waals surface area contributed by atoms with Crippen molar-refractivity contribution in [2.75, 3.05) is 13.2 Å². The highest BCUT2D eigenvalue weighted by atomic mass is 16.5. The molecular weight excluding hydrogens is 392 g/mol. The summed E-state index contributed by atoms with van der Waals surface area (Å²) in [5.41, 5.74) is 0.769. The van der Waals surface area contributed by atoms with E-state index in [-0.39, 0.29) is 24.3 Å². The molecule has 0 saturated carbocycles. The van der Waals surface area contributed by atoms with E-state index in [1.165, 1.54) is 0 Å². The molecule has 0 aromatic heterocycles. The normalized spacial score (nSPS) is 27.7. The number of rotatable bonds is 6. The molecule has 0 aromatic rings. The van der Waals surface area contributed by atoms with Gasteiger partial charge in [0.1, 0.15) is 0 Å². The van der Waals surface area contributed by atoms with Crippen LogP contribution in [0.4, 0.5) is 0 Å². The summed E-state index contributed by atoms with van der Waals surface area (Å²) in [6, 6.07) is 0. The molecule has 0 fully saturated rings. The number of aliphatic carboxylic acids is 2. The van der Waals surface area contributed by atoms with Crippen LogP contribution in [0.15, 0.2) is 23.8 Å². The van der Waals surface area contributed by atoms with E-state index in [1.807, 2.05) is 19.1 Å². The fourth-order valence-corrected chi connectivity index (χ4v) is 3.72. The molecule has 2 aliphatic carbocycles. The Morgan fingerprint density at radius 2 is 1.60 bits per heavy atom. The summed E-state index contributed by atoms with van der Waals surface area (Å²) in [7, 11) is 0. The van der Waals surface area contributed by atoms with Crippen LogP contribution in [-0.2, 0) is 28.7 Å².